The first-order valence-corrected chi connectivity index (χ1v) is 10.9. The van der Waals surface area contributed by atoms with Crippen LogP contribution in [0.3, 0.4) is 0 Å². The molecule has 2 fully saturated rings. The predicted octanol–water partition coefficient (Wildman–Crippen LogP) is 5.23. The molecule has 2 aliphatic rings. The number of rotatable bonds is 3. The van der Waals surface area contributed by atoms with Crippen LogP contribution in [-0.4, -0.2) is 11.8 Å². The summed E-state index contributed by atoms with van der Waals surface area (Å²) in [5.74, 6) is -1.34. The van der Waals surface area contributed by atoms with E-state index in [0.29, 0.717) is 26.9 Å². The molecule has 1 heterocycles. The molecule has 1 aliphatic heterocycles. The fourth-order valence-electron chi connectivity index (χ4n) is 5.43. The Labute approximate surface area is 200 Å². The highest BCUT2D eigenvalue weighted by atomic mass is 35.5. The quantitative estimate of drug-likeness (QED) is 0.489. The van der Waals surface area contributed by atoms with Crippen molar-refractivity contribution in [3.63, 3.8) is 0 Å². The summed E-state index contributed by atoms with van der Waals surface area (Å²) in [6.07, 6.45) is 0. The molecule has 3 aromatic rings. The molecule has 2 atom stereocenters. The van der Waals surface area contributed by atoms with Crippen LogP contribution in [0.25, 0.3) is 0 Å². The highest BCUT2D eigenvalue weighted by molar-refractivity contribution is 6.36. The van der Waals surface area contributed by atoms with Crippen LogP contribution < -0.4 is 4.90 Å². The third-order valence-electron chi connectivity index (χ3n) is 6.91. The van der Waals surface area contributed by atoms with E-state index in [4.69, 9.17) is 23.2 Å². The van der Waals surface area contributed by atoms with Crippen molar-refractivity contribution in [2.45, 2.75) is 12.3 Å². The van der Waals surface area contributed by atoms with E-state index >= 15 is 0 Å². The zero-order valence-electron chi connectivity index (χ0n) is 17.3. The van der Waals surface area contributed by atoms with Crippen LogP contribution in [0.2, 0.25) is 10.0 Å². The fourth-order valence-corrected chi connectivity index (χ4v) is 5.95. The van der Waals surface area contributed by atoms with Crippen molar-refractivity contribution in [2.75, 3.05) is 4.90 Å². The lowest BCUT2D eigenvalue weighted by molar-refractivity contribution is -0.125. The number of hydrogen-bond acceptors (Lipinski definition) is 4. The molecule has 0 radical (unpaired) electrons. The summed E-state index contributed by atoms with van der Waals surface area (Å²) >= 11 is 12.2. The van der Waals surface area contributed by atoms with Crippen LogP contribution in [0.15, 0.2) is 66.7 Å². The van der Waals surface area contributed by atoms with Gasteiger partial charge in [-0.1, -0.05) is 47.5 Å². The van der Waals surface area contributed by atoms with Gasteiger partial charge in [0.15, 0.2) is 0 Å². The number of carbonyl (C=O) groups is 2. The van der Waals surface area contributed by atoms with Crippen molar-refractivity contribution in [2.24, 2.45) is 11.3 Å². The molecule has 0 spiro atoms. The molecule has 2 amide bonds. The first kappa shape index (κ1) is 21.2. The summed E-state index contributed by atoms with van der Waals surface area (Å²) in [7, 11) is 0. The van der Waals surface area contributed by atoms with Gasteiger partial charge < -0.3 is 0 Å². The van der Waals surface area contributed by atoms with Crippen molar-refractivity contribution in [3.05, 3.63) is 99.0 Å². The van der Waals surface area contributed by atoms with Crippen LogP contribution in [0.5, 0.6) is 0 Å². The molecule has 5 rings (SSSR count). The minimum absolute atomic E-state index is 0.328. The van der Waals surface area contributed by atoms with E-state index in [1.165, 1.54) is 6.07 Å². The lowest BCUT2D eigenvalue weighted by Crippen LogP contribution is -2.42. The van der Waals surface area contributed by atoms with Gasteiger partial charge in [0.25, 0.3) is 0 Å². The number of halogens is 2. The Hall–Kier alpha value is -3.64. The number of nitrogens with zero attached hydrogens (tertiary/aromatic N) is 3. The summed E-state index contributed by atoms with van der Waals surface area (Å²) in [5.41, 5.74) is 0.872. The predicted molar refractivity (Wildman–Crippen MR) is 124 cm³/mol. The largest absolute Gasteiger partial charge is 0.274 e. The van der Waals surface area contributed by atoms with Crippen LogP contribution >= 0.6 is 23.2 Å². The van der Waals surface area contributed by atoms with E-state index in [9.17, 15) is 20.1 Å². The van der Waals surface area contributed by atoms with Crippen molar-refractivity contribution >= 4 is 40.7 Å². The topological polar surface area (TPSA) is 85.0 Å². The molecule has 160 valence electrons. The van der Waals surface area contributed by atoms with Crippen LogP contribution in [0.4, 0.5) is 5.69 Å². The van der Waals surface area contributed by atoms with Crippen molar-refractivity contribution in [1.82, 2.24) is 0 Å². The smallest absolute Gasteiger partial charge is 0.241 e. The summed E-state index contributed by atoms with van der Waals surface area (Å²) in [4.78, 5) is 28.7. The van der Waals surface area contributed by atoms with Gasteiger partial charge in [0.05, 0.1) is 40.3 Å². The SMILES string of the molecule is C[C@@]12C(=O)N(c3cc(Cl)cc(Cl)c3)C(=O)[C@@H]1C2(c1ccc(C#N)cc1)c1ccc(C#N)cc1. The van der Waals surface area contributed by atoms with Crippen LogP contribution in [0.1, 0.15) is 29.2 Å². The minimum atomic E-state index is -1.05. The standard InChI is InChI=1S/C26H15Cl2N3O2/c1-25-22(23(32)31(24(25)33)21-11-19(27)10-20(28)12-21)26(25,17-6-2-15(13-29)3-7-17)18-8-4-16(14-30)5-9-18/h2-12,22H,1H3/t22-,25-/m0/s1. The number of benzene rings is 3. The molecule has 0 bridgehead atoms. The van der Waals surface area contributed by atoms with Crippen LogP contribution in [0, 0.1) is 34.0 Å². The molecule has 0 aromatic heterocycles. The lowest BCUT2D eigenvalue weighted by Gasteiger charge is -2.29. The normalized spacial score (nSPS) is 22.5. The minimum Gasteiger partial charge on any atom is -0.274 e. The second-order valence-electron chi connectivity index (χ2n) is 8.43. The third-order valence-corrected chi connectivity index (χ3v) is 7.34. The molecule has 0 unspecified atom stereocenters. The molecule has 1 saturated heterocycles. The van der Waals surface area contributed by atoms with Crippen LogP contribution in [-0.2, 0) is 15.0 Å². The summed E-state index contributed by atoms with van der Waals surface area (Å²) in [6, 6.07) is 22.7. The molecular formula is C26H15Cl2N3O2. The number of piperidine rings is 1. The summed E-state index contributed by atoms with van der Waals surface area (Å²) < 4.78 is 0. The molecule has 1 saturated carbocycles. The van der Waals surface area contributed by atoms with Crippen molar-refractivity contribution < 1.29 is 9.59 Å². The molecule has 1 aliphatic carbocycles. The number of hydrogen-bond donors (Lipinski definition) is 0. The Morgan fingerprint density at radius 3 is 1.64 bits per heavy atom. The summed E-state index contributed by atoms with van der Waals surface area (Å²) in [6.45, 7) is 1.79. The van der Waals surface area contributed by atoms with Gasteiger partial charge in [-0.3, -0.25) is 9.59 Å². The number of anilines is 1. The molecule has 33 heavy (non-hydrogen) atoms. The van der Waals surface area contributed by atoms with Crippen molar-refractivity contribution in [1.29, 1.82) is 10.5 Å². The van der Waals surface area contributed by atoms with Gasteiger partial charge in [-0.05, 0) is 60.5 Å². The highest BCUT2D eigenvalue weighted by Gasteiger charge is 2.86. The number of carbonyl (C=O) groups excluding carboxylic acids is 2. The first-order chi connectivity index (χ1) is 15.8. The lowest BCUT2D eigenvalue weighted by atomic mass is 9.78. The van der Waals surface area contributed by atoms with Crippen molar-refractivity contribution in [3.8, 4) is 12.1 Å². The Morgan fingerprint density at radius 1 is 0.818 bits per heavy atom. The average Bonchev–Trinajstić information content (AvgIpc) is 3.33. The third kappa shape index (κ3) is 2.70. The summed E-state index contributed by atoms with van der Waals surface area (Å²) in [5, 5.41) is 19.1. The van der Waals surface area contributed by atoms with E-state index in [1.807, 2.05) is 0 Å². The highest BCUT2D eigenvalue weighted by Crippen LogP contribution is 2.76. The molecule has 7 heteroatoms. The van der Waals surface area contributed by atoms with E-state index in [2.05, 4.69) is 12.1 Å². The zero-order chi connectivity index (χ0) is 23.5. The molecule has 5 nitrogen and oxygen atoms in total. The molecular weight excluding hydrogens is 457 g/mol. The zero-order valence-corrected chi connectivity index (χ0v) is 18.9. The molecule has 0 N–H and O–H groups in total. The van der Waals surface area contributed by atoms with Gasteiger partial charge >= 0.3 is 0 Å². The maximum Gasteiger partial charge on any atom is 0.241 e. The van der Waals surface area contributed by atoms with E-state index < -0.39 is 16.7 Å². The number of amides is 2. The van der Waals surface area contributed by atoms with Gasteiger partial charge in [0.1, 0.15) is 0 Å². The Kier molecular flexibility index (Phi) is 4.62. The van der Waals surface area contributed by atoms with E-state index in [-0.39, 0.29) is 11.8 Å². The van der Waals surface area contributed by atoms with Gasteiger partial charge in [-0.15, -0.1) is 0 Å². The first-order valence-electron chi connectivity index (χ1n) is 10.1. The maximum absolute atomic E-state index is 13.8. The monoisotopic (exact) mass is 471 g/mol. The van der Waals surface area contributed by atoms with Gasteiger partial charge in [0.2, 0.25) is 11.8 Å². The number of fused-ring (bicyclic) bond motifs is 1. The second-order valence-corrected chi connectivity index (χ2v) is 9.30. The van der Waals surface area contributed by atoms with Gasteiger partial charge in [-0.2, -0.15) is 10.5 Å². The Bertz CT molecular complexity index is 1340. The number of imide groups is 1. The number of nitriles is 2. The Balaban J connectivity index is 1.68. The van der Waals surface area contributed by atoms with E-state index in [0.717, 1.165) is 16.0 Å². The Morgan fingerprint density at radius 2 is 1.27 bits per heavy atom. The average molecular weight is 472 g/mol. The fraction of sp³-hybridized carbons (Fsp3) is 0.154. The van der Waals surface area contributed by atoms with Gasteiger partial charge in [-0.25, -0.2) is 4.90 Å². The van der Waals surface area contributed by atoms with E-state index in [1.54, 1.807) is 67.6 Å². The maximum atomic E-state index is 13.8. The molecule has 3 aromatic carbocycles. The van der Waals surface area contributed by atoms with Gasteiger partial charge in [0, 0.05) is 15.5 Å². The second kappa shape index (κ2) is 7.18.